The number of aromatic hydroxyl groups is 1. The lowest BCUT2D eigenvalue weighted by Gasteiger charge is -2.27. The van der Waals surface area contributed by atoms with Crippen molar-refractivity contribution in [2.75, 3.05) is 20.1 Å². The average molecular weight is 262 g/mol. The first-order chi connectivity index (χ1) is 9.09. The van der Waals surface area contributed by atoms with E-state index in [1.54, 1.807) is 17.0 Å². The molecule has 0 bridgehead atoms. The van der Waals surface area contributed by atoms with Crippen molar-refractivity contribution in [2.24, 2.45) is 0 Å². The predicted molar refractivity (Wildman–Crippen MR) is 75.4 cm³/mol. The molecule has 1 aromatic carbocycles. The summed E-state index contributed by atoms with van der Waals surface area (Å²) in [6.45, 7) is 3.87. The molecule has 4 nitrogen and oxygen atoms in total. The number of aryl methyl sites for hydroxylation is 1. The molecule has 104 valence electrons. The summed E-state index contributed by atoms with van der Waals surface area (Å²) in [5.74, 6) is -0.0204. The molecule has 0 spiro atoms. The standard InChI is InChI=1S/C15H22N2O2/c1-11-5-6-13(14(18)10-11)15(19)17(2)12-4-3-8-16-9-7-12/h5-6,10,12,16,18H,3-4,7-9H2,1-2H3. The second kappa shape index (κ2) is 6.06. The maximum Gasteiger partial charge on any atom is 0.257 e. The summed E-state index contributed by atoms with van der Waals surface area (Å²) in [6.07, 6.45) is 3.07. The molecule has 19 heavy (non-hydrogen) atoms. The molecule has 2 N–H and O–H groups in total. The highest BCUT2D eigenvalue weighted by molar-refractivity contribution is 5.96. The molecule has 2 rings (SSSR count). The van der Waals surface area contributed by atoms with Crippen LogP contribution < -0.4 is 5.32 Å². The lowest BCUT2D eigenvalue weighted by Crippen LogP contribution is -2.37. The molecule has 1 saturated heterocycles. The van der Waals surface area contributed by atoms with Crippen LogP contribution in [0.15, 0.2) is 18.2 Å². The number of amides is 1. The molecular formula is C15H22N2O2. The van der Waals surface area contributed by atoms with E-state index in [-0.39, 0.29) is 17.7 Å². The second-order valence-electron chi connectivity index (χ2n) is 5.27. The first kappa shape index (κ1) is 13.9. The molecule has 1 aliphatic heterocycles. The number of nitrogens with zero attached hydrogens (tertiary/aromatic N) is 1. The molecule has 1 aromatic rings. The van der Waals surface area contributed by atoms with Gasteiger partial charge < -0.3 is 15.3 Å². The number of rotatable bonds is 2. The van der Waals surface area contributed by atoms with Crippen molar-refractivity contribution in [1.82, 2.24) is 10.2 Å². The number of phenols is 1. The Balaban J connectivity index is 2.13. The largest absolute Gasteiger partial charge is 0.507 e. The number of phenolic OH excluding ortho intramolecular Hbond substituents is 1. The number of nitrogens with one attached hydrogen (secondary N) is 1. The van der Waals surface area contributed by atoms with Gasteiger partial charge >= 0.3 is 0 Å². The molecule has 1 unspecified atom stereocenters. The minimum absolute atomic E-state index is 0.0728. The van der Waals surface area contributed by atoms with E-state index in [1.807, 2.05) is 20.0 Å². The maximum atomic E-state index is 12.4. The summed E-state index contributed by atoms with van der Waals surface area (Å²) < 4.78 is 0. The number of carbonyl (C=O) groups is 1. The third-order valence-electron chi connectivity index (χ3n) is 3.80. The normalized spacial score (nSPS) is 19.8. The van der Waals surface area contributed by atoms with Crippen molar-refractivity contribution in [3.63, 3.8) is 0 Å². The fourth-order valence-electron chi connectivity index (χ4n) is 2.57. The zero-order chi connectivity index (χ0) is 13.8. The Morgan fingerprint density at radius 3 is 2.89 bits per heavy atom. The first-order valence-corrected chi connectivity index (χ1v) is 6.87. The van der Waals surface area contributed by atoms with Crippen LogP contribution in [-0.4, -0.2) is 42.1 Å². The van der Waals surface area contributed by atoms with Crippen LogP contribution in [0, 0.1) is 6.92 Å². The molecule has 0 radical (unpaired) electrons. The first-order valence-electron chi connectivity index (χ1n) is 6.87. The van der Waals surface area contributed by atoms with Crippen molar-refractivity contribution in [3.8, 4) is 5.75 Å². The third-order valence-corrected chi connectivity index (χ3v) is 3.80. The van der Waals surface area contributed by atoms with Gasteiger partial charge in [0.1, 0.15) is 5.75 Å². The minimum Gasteiger partial charge on any atom is -0.507 e. The number of benzene rings is 1. The molecule has 0 aromatic heterocycles. The van der Waals surface area contributed by atoms with Crippen LogP contribution in [0.5, 0.6) is 5.75 Å². The summed E-state index contributed by atoms with van der Waals surface area (Å²) >= 11 is 0. The summed E-state index contributed by atoms with van der Waals surface area (Å²) in [7, 11) is 1.83. The van der Waals surface area contributed by atoms with Gasteiger partial charge in [-0.2, -0.15) is 0 Å². The van der Waals surface area contributed by atoms with E-state index < -0.39 is 0 Å². The summed E-state index contributed by atoms with van der Waals surface area (Å²) in [4.78, 5) is 14.2. The molecule has 1 heterocycles. The Morgan fingerprint density at radius 1 is 1.37 bits per heavy atom. The van der Waals surface area contributed by atoms with Gasteiger partial charge in [0.05, 0.1) is 5.56 Å². The van der Waals surface area contributed by atoms with E-state index in [0.29, 0.717) is 5.56 Å². The van der Waals surface area contributed by atoms with Crippen molar-refractivity contribution in [2.45, 2.75) is 32.2 Å². The number of hydrogen-bond donors (Lipinski definition) is 2. The molecule has 1 amide bonds. The predicted octanol–water partition coefficient (Wildman–Crippen LogP) is 1.91. The van der Waals surface area contributed by atoms with Crippen LogP contribution in [-0.2, 0) is 0 Å². The van der Waals surface area contributed by atoms with Crippen LogP contribution in [0.3, 0.4) is 0 Å². The van der Waals surface area contributed by atoms with E-state index in [1.165, 1.54) is 0 Å². The van der Waals surface area contributed by atoms with E-state index in [2.05, 4.69) is 5.32 Å². The van der Waals surface area contributed by atoms with E-state index in [9.17, 15) is 9.90 Å². The van der Waals surface area contributed by atoms with Crippen LogP contribution in [0.4, 0.5) is 0 Å². The Kier molecular flexibility index (Phi) is 4.43. The van der Waals surface area contributed by atoms with Crippen molar-refractivity contribution in [1.29, 1.82) is 0 Å². The van der Waals surface area contributed by atoms with Gasteiger partial charge in [-0.3, -0.25) is 4.79 Å². The molecule has 4 heteroatoms. The lowest BCUT2D eigenvalue weighted by molar-refractivity contribution is 0.0717. The zero-order valence-electron chi connectivity index (χ0n) is 11.6. The Hall–Kier alpha value is -1.55. The fourth-order valence-corrected chi connectivity index (χ4v) is 2.57. The van der Waals surface area contributed by atoms with Crippen LogP contribution in [0.25, 0.3) is 0 Å². The van der Waals surface area contributed by atoms with Gasteiger partial charge in [0.15, 0.2) is 0 Å². The van der Waals surface area contributed by atoms with Crippen molar-refractivity contribution < 1.29 is 9.90 Å². The highest BCUT2D eigenvalue weighted by Gasteiger charge is 2.23. The smallest absolute Gasteiger partial charge is 0.257 e. The highest BCUT2D eigenvalue weighted by Crippen LogP contribution is 2.22. The summed E-state index contributed by atoms with van der Waals surface area (Å²) in [5.41, 5.74) is 1.35. The van der Waals surface area contributed by atoms with Crippen molar-refractivity contribution in [3.05, 3.63) is 29.3 Å². The number of carbonyl (C=O) groups excluding carboxylic acids is 1. The fraction of sp³-hybridized carbons (Fsp3) is 0.533. The van der Waals surface area contributed by atoms with E-state index >= 15 is 0 Å². The topological polar surface area (TPSA) is 52.6 Å². The third kappa shape index (κ3) is 3.26. The van der Waals surface area contributed by atoms with Gasteiger partial charge in [0.2, 0.25) is 0 Å². The Morgan fingerprint density at radius 2 is 2.16 bits per heavy atom. The van der Waals surface area contributed by atoms with Gasteiger partial charge in [-0.1, -0.05) is 6.07 Å². The maximum absolute atomic E-state index is 12.4. The van der Waals surface area contributed by atoms with Gasteiger partial charge in [-0.25, -0.2) is 0 Å². The van der Waals surface area contributed by atoms with Gasteiger partial charge in [-0.15, -0.1) is 0 Å². The van der Waals surface area contributed by atoms with Crippen LogP contribution in [0.2, 0.25) is 0 Å². The van der Waals surface area contributed by atoms with Crippen LogP contribution >= 0.6 is 0 Å². The molecule has 0 saturated carbocycles. The quantitative estimate of drug-likeness (QED) is 0.856. The number of hydrogen-bond acceptors (Lipinski definition) is 3. The Labute approximate surface area is 114 Å². The van der Waals surface area contributed by atoms with E-state index in [0.717, 1.165) is 37.9 Å². The second-order valence-corrected chi connectivity index (χ2v) is 5.27. The molecule has 1 atom stereocenters. The highest BCUT2D eigenvalue weighted by atomic mass is 16.3. The summed E-state index contributed by atoms with van der Waals surface area (Å²) in [6, 6.07) is 5.45. The molecule has 1 fully saturated rings. The SMILES string of the molecule is Cc1ccc(C(=O)N(C)C2CCCNCC2)c(O)c1. The van der Waals surface area contributed by atoms with Gasteiger partial charge in [-0.05, 0) is 57.0 Å². The Bertz CT molecular complexity index is 451. The molecule has 0 aliphatic carbocycles. The molecule has 1 aliphatic rings. The van der Waals surface area contributed by atoms with Gasteiger partial charge in [0.25, 0.3) is 5.91 Å². The summed E-state index contributed by atoms with van der Waals surface area (Å²) in [5, 5.41) is 13.2. The lowest BCUT2D eigenvalue weighted by atomic mass is 10.1. The zero-order valence-corrected chi connectivity index (χ0v) is 11.6. The monoisotopic (exact) mass is 262 g/mol. The molecular weight excluding hydrogens is 240 g/mol. The average Bonchev–Trinajstić information content (AvgIpc) is 2.66. The minimum atomic E-state index is -0.0931. The van der Waals surface area contributed by atoms with Crippen LogP contribution in [0.1, 0.15) is 35.2 Å². The van der Waals surface area contributed by atoms with Crippen molar-refractivity contribution >= 4 is 5.91 Å². The van der Waals surface area contributed by atoms with E-state index in [4.69, 9.17) is 0 Å². The van der Waals surface area contributed by atoms with Gasteiger partial charge in [0, 0.05) is 13.1 Å².